The molecule has 4 amide bonds. The fourth-order valence-corrected chi connectivity index (χ4v) is 18.6. The van der Waals surface area contributed by atoms with E-state index in [9.17, 15) is 45.6 Å². The van der Waals surface area contributed by atoms with Gasteiger partial charge in [-0.1, -0.05) is 93.3 Å². The highest BCUT2D eigenvalue weighted by Crippen LogP contribution is 2.60. The maximum absolute atomic E-state index is 14.4. The van der Waals surface area contributed by atoms with Crippen molar-refractivity contribution >= 4 is 102 Å². The van der Waals surface area contributed by atoms with Crippen LogP contribution in [0.1, 0.15) is 185 Å². The van der Waals surface area contributed by atoms with Crippen LogP contribution in [0, 0.1) is 42.4 Å². The lowest BCUT2D eigenvalue weighted by molar-refractivity contribution is -0.142. The molecule has 2 spiro atoms. The molecule has 6 aliphatic heterocycles. The summed E-state index contributed by atoms with van der Waals surface area (Å²) in [4.78, 5) is 97.2. The average molecular weight is 1370 g/mol. The van der Waals surface area contributed by atoms with Crippen LogP contribution >= 0.6 is 24.8 Å². The second-order valence-corrected chi connectivity index (χ2v) is 34.0. The zero-order chi connectivity index (χ0) is 65.0. The fraction of sp³-hybridized carbons (Fsp3) is 0.606. The van der Waals surface area contributed by atoms with E-state index in [1.54, 1.807) is 23.6 Å². The molecule has 14 rings (SSSR count). The molecule has 0 bridgehead atoms. The number of rotatable bonds is 6. The Morgan fingerprint density at radius 2 is 0.989 bits per heavy atom. The molecule has 4 aliphatic carbocycles. The van der Waals surface area contributed by atoms with Crippen molar-refractivity contribution in [2.24, 2.45) is 34.3 Å². The smallest absolute Gasteiger partial charge is 0.240 e. The van der Waals surface area contributed by atoms with E-state index in [1.165, 1.54) is 0 Å². The summed E-state index contributed by atoms with van der Waals surface area (Å²) in [5.74, 6) is -1.26. The third-order valence-corrected chi connectivity index (χ3v) is 27.1. The van der Waals surface area contributed by atoms with Crippen molar-refractivity contribution in [2.45, 2.75) is 228 Å². The number of aromatic nitrogens is 2. The van der Waals surface area contributed by atoms with Gasteiger partial charge in [0.25, 0.3) is 0 Å². The number of pyridine rings is 2. The lowest BCUT2D eigenvalue weighted by atomic mass is 9.85. The number of allylic oxidation sites excluding steroid dienone is 4. The molecule has 2 aromatic carbocycles. The van der Waals surface area contributed by atoms with Crippen LogP contribution in [0.25, 0.3) is 21.8 Å². The molecule has 23 heteroatoms. The summed E-state index contributed by atoms with van der Waals surface area (Å²) < 4.78 is 68.7. The quantitative estimate of drug-likeness (QED) is 0.152. The molecular formula is C71H91Cl2N7O12S2. The number of Topliss-reactive ketones (excluding diaryl/α,β-unsaturated/α-hetero) is 2. The molecule has 4 saturated carbocycles. The maximum atomic E-state index is 14.4. The Balaban J connectivity index is 0.000000188. The number of hydrogen-bond donors (Lipinski definition) is 3. The van der Waals surface area contributed by atoms with Gasteiger partial charge in [-0.15, -0.1) is 24.8 Å². The number of sulfonamides is 2. The Labute approximate surface area is 564 Å². The molecule has 10 atom stereocenters. The number of aryl methyl sites for hydroxylation is 4. The van der Waals surface area contributed by atoms with Gasteiger partial charge in [0, 0.05) is 53.5 Å². The predicted molar refractivity (Wildman–Crippen MR) is 362 cm³/mol. The molecule has 10 aliphatic rings. The molecule has 2 aromatic heterocycles. The zero-order valence-corrected chi connectivity index (χ0v) is 57.9. The van der Waals surface area contributed by atoms with E-state index >= 15 is 0 Å². The molecule has 4 aromatic rings. The third-order valence-electron chi connectivity index (χ3n) is 22.8. The third kappa shape index (κ3) is 12.8. The Kier molecular flexibility index (Phi) is 19.0. The molecule has 94 heavy (non-hydrogen) atoms. The van der Waals surface area contributed by atoms with Gasteiger partial charge in [0.15, 0.2) is 11.6 Å². The molecular weight excluding hydrogens is 1280 g/mol. The standard InChI is InChI=1S/C36H45N3O6S.C35H44N4O6S.2ClH/c1-23-11-7-5-4-6-8-12-25-19-36(25,33(42)38-46(43,44)34(3)17-18-34)21-30(40)29-20-35(22-39(29)32(23)41)16-15-27-26-13-9-10-14-28(26)37-24(2)31(27)45-35;1-22-30-25(24-11-8-9-13-27(24)37-22)14-15-34(45-30)19-28-29(40)20-35(32(42)38-46(43,44)33(2)16-17-33)18-23(35)10-6-4-3-5-7-12-26(36)31(41)39(28)21-34;;/h8-10,12-14,23,25,29H,4-7,11,15-22H2,1-3H3,(H,38,42);6,8-11,13,23,26,28H,3-5,7,12,14-21,36H2,1-2H3,(H,38,42);2*1H/b12-8-;10-6-;;/t23-,25+,29-,35+,36+;23-,26+,28+,34-,35-;;/m01../s1. The maximum Gasteiger partial charge on any atom is 0.240 e. The van der Waals surface area contributed by atoms with Crippen molar-refractivity contribution in [1.82, 2.24) is 29.2 Å². The van der Waals surface area contributed by atoms with Crippen LogP contribution in [0.15, 0.2) is 72.8 Å². The molecule has 0 radical (unpaired) electrons. The number of ether oxygens (including phenoxy) is 2. The van der Waals surface area contributed by atoms with Gasteiger partial charge in [-0.3, -0.25) is 38.2 Å². The van der Waals surface area contributed by atoms with E-state index in [1.807, 2.05) is 81.5 Å². The van der Waals surface area contributed by atoms with E-state index in [2.05, 4.69) is 21.6 Å². The second kappa shape index (κ2) is 25.8. The highest BCUT2D eigenvalue weighted by Gasteiger charge is 2.65. The summed E-state index contributed by atoms with van der Waals surface area (Å²) in [6.45, 7) is 9.61. The molecule has 6 fully saturated rings. The summed E-state index contributed by atoms with van der Waals surface area (Å²) in [6.07, 6.45) is 22.4. The summed E-state index contributed by atoms with van der Waals surface area (Å²) in [5.41, 5.74) is 8.19. The van der Waals surface area contributed by atoms with Gasteiger partial charge in [-0.25, -0.2) is 26.8 Å². The van der Waals surface area contributed by atoms with E-state index in [0.717, 1.165) is 114 Å². The molecule has 19 nitrogen and oxygen atoms in total. The number of nitrogens with two attached hydrogens (primary N) is 1. The second-order valence-electron chi connectivity index (χ2n) is 29.6. The average Bonchev–Trinajstić information content (AvgIpc) is 1.44. The molecule has 8 heterocycles. The van der Waals surface area contributed by atoms with Crippen LogP contribution in [0.5, 0.6) is 11.5 Å². The van der Waals surface area contributed by atoms with Crippen LogP contribution < -0.4 is 24.7 Å². The number of benzene rings is 2. The van der Waals surface area contributed by atoms with Crippen LogP contribution in [-0.2, 0) is 61.7 Å². The van der Waals surface area contributed by atoms with Crippen molar-refractivity contribution in [3.05, 3.63) is 95.3 Å². The molecule has 2 saturated heterocycles. The number of nitrogens with one attached hydrogen (secondary N) is 2. The van der Waals surface area contributed by atoms with Crippen molar-refractivity contribution in [2.75, 3.05) is 13.1 Å². The first-order valence-corrected chi connectivity index (χ1v) is 36.7. The normalized spacial score (nSPS) is 32.5. The topological polar surface area (TPSA) is 271 Å². The number of halogens is 2. The summed E-state index contributed by atoms with van der Waals surface area (Å²) >= 11 is 0. The van der Waals surface area contributed by atoms with Crippen LogP contribution in [-0.4, -0.2) is 124 Å². The summed E-state index contributed by atoms with van der Waals surface area (Å²) in [5, 5.41) is 2.10. The highest BCUT2D eigenvalue weighted by atomic mass is 35.5. The van der Waals surface area contributed by atoms with Crippen LogP contribution in [0.2, 0.25) is 0 Å². The summed E-state index contributed by atoms with van der Waals surface area (Å²) in [7, 11) is -7.74. The van der Waals surface area contributed by atoms with Crippen molar-refractivity contribution in [3.63, 3.8) is 0 Å². The van der Waals surface area contributed by atoms with E-state index in [4.69, 9.17) is 25.2 Å². The minimum atomic E-state index is -3.88. The number of nitrogens with zero attached hydrogens (tertiary/aromatic N) is 4. The number of para-hydroxylation sites is 2. The number of hydrogen-bond acceptors (Lipinski definition) is 15. The number of ketones is 2. The zero-order valence-electron chi connectivity index (χ0n) is 54.7. The monoisotopic (exact) mass is 1370 g/mol. The van der Waals surface area contributed by atoms with Gasteiger partial charge < -0.3 is 25.0 Å². The van der Waals surface area contributed by atoms with Crippen molar-refractivity contribution in [1.29, 1.82) is 0 Å². The molecule has 4 N–H and O–H groups in total. The number of carbonyl (C=O) groups is 6. The predicted octanol–water partition coefficient (Wildman–Crippen LogP) is 10.2. The van der Waals surface area contributed by atoms with Crippen LogP contribution in [0.4, 0.5) is 0 Å². The lowest BCUT2D eigenvalue weighted by Crippen LogP contribution is -2.50. The number of fused-ring (bicyclic) bond motifs is 10. The first-order valence-electron chi connectivity index (χ1n) is 33.8. The van der Waals surface area contributed by atoms with Gasteiger partial charge in [-0.2, -0.15) is 0 Å². The number of amides is 4. The highest BCUT2D eigenvalue weighted by molar-refractivity contribution is 7.92. The van der Waals surface area contributed by atoms with E-state index in [-0.39, 0.29) is 91.8 Å². The van der Waals surface area contributed by atoms with Gasteiger partial charge >= 0.3 is 0 Å². The van der Waals surface area contributed by atoms with Gasteiger partial charge in [0.05, 0.1) is 74.0 Å². The van der Waals surface area contributed by atoms with Crippen molar-refractivity contribution in [3.8, 4) is 11.5 Å². The van der Waals surface area contributed by atoms with Crippen molar-refractivity contribution < 1.29 is 55.1 Å². The van der Waals surface area contributed by atoms with Crippen LogP contribution in [0.3, 0.4) is 0 Å². The Hall–Kier alpha value is -6.00. The minimum absolute atomic E-state index is 0. The van der Waals surface area contributed by atoms with Gasteiger partial charge in [-0.05, 0) is 154 Å². The minimum Gasteiger partial charge on any atom is -0.483 e. The Bertz CT molecular complexity index is 3770. The SMILES string of the molecule is Cc1nc2ccccc2c2c1O[C@]1(CC2)C[C@H]2C(=O)C[C@]3(C(=O)NS(=O)(=O)C4(C)CC4)C[C@H]3/C=C\CCCCC[C@H](C)C(=O)N2C1.Cc1nc2ccccc2c2c1O[C@]1(CC2)C[C@H]2C(=O)C[C@]3(C(=O)NS(=O)(=O)C4(C)CC4)C[C@H]3/C=C\CCCCC[C@H](N)C(=O)N2C1.Cl.Cl. The largest absolute Gasteiger partial charge is 0.483 e. The Morgan fingerprint density at radius 3 is 1.43 bits per heavy atom. The lowest BCUT2D eigenvalue weighted by Gasteiger charge is -2.36. The summed E-state index contributed by atoms with van der Waals surface area (Å²) in [6, 6.07) is 13.7. The molecule has 0 unspecified atom stereocenters. The van der Waals surface area contributed by atoms with Gasteiger partial charge in [0.1, 0.15) is 22.7 Å². The van der Waals surface area contributed by atoms with E-state index in [0.29, 0.717) is 82.9 Å². The number of carbonyl (C=O) groups excluding carboxylic acids is 6. The molecule has 508 valence electrons. The van der Waals surface area contributed by atoms with E-state index < -0.39 is 81.5 Å². The van der Waals surface area contributed by atoms with Gasteiger partial charge in [0.2, 0.25) is 43.7 Å². The Morgan fingerprint density at radius 1 is 0.574 bits per heavy atom. The fourth-order valence-electron chi connectivity index (χ4n) is 15.9. The first kappa shape index (κ1) is 69.4. The first-order chi connectivity index (χ1) is 43.7.